The molecule has 0 aliphatic rings. The number of anilines is 3. The Balaban J connectivity index is 1.44. The van der Waals surface area contributed by atoms with Gasteiger partial charge in [-0.25, -0.2) is 0 Å². The van der Waals surface area contributed by atoms with Crippen LogP contribution in [0.15, 0.2) is 131 Å². The number of nitrogens with zero attached hydrogens (tertiary/aromatic N) is 3. The molecular formula is C39H43N3O6S2. The topological polar surface area (TPSA) is 118 Å². The van der Waals surface area contributed by atoms with E-state index in [9.17, 15) is 25.9 Å². The van der Waals surface area contributed by atoms with Crippen molar-refractivity contribution >= 4 is 37.3 Å². The highest BCUT2D eigenvalue weighted by molar-refractivity contribution is 7.86. The molecule has 0 amide bonds. The average Bonchev–Trinajstić information content (AvgIpc) is 3.10. The number of benzene rings is 5. The second kappa shape index (κ2) is 15.5. The smallest absolute Gasteiger partial charge is 0.294 e. The lowest BCUT2D eigenvalue weighted by Crippen LogP contribution is -2.22. The molecule has 0 aliphatic carbocycles. The number of rotatable bonds is 14. The highest BCUT2D eigenvalue weighted by Crippen LogP contribution is 2.35. The van der Waals surface area contributed by atoms with Gasteiger partial charge in [0.05, 0.1) is 9.79 Å². The van der Waals surface area contributed by atoms with E-state index in [1.807, 2.05) is 40.1 Å². The van der Waals surface area contributed by atoms with Gasteiger partial charge in [0, 0.05) is 63.3 Å². The molecule has 11 heteroatoms. The maximum Gasteiger partial charge on any atom is 0.294 e. The van der Waals surface area contributed by atoms with E-state index in [2.05, 4.69) is 87.5 Å². The van der Waals surface area contributed by atoms with Crippen molar-refractivity contribution in [3.63, 3.8) is 0 Å². The second-order valence-corrected chi connectivity index (χ2v) is 15.2. The summed E-state index contributed by atoms with van der Waals surface area (Å²) in [5.74, 6) is -0.0580. The first kappa shape index (κ1) is 36.6. The number of hydrogen-bond donors (Lipinski definition) is 2. The molecule has 0 bridgehead atoms. The molecule has 0 spiro atoms. The lowest BCUT2D eigenvalue weighted by molar-refractivity contribution is 0.481. The minimum Gasteiger partial charge on any atom is -0.378 e. The van der Waals surface area contributed by atoms with E-state index in [-0.39, 0.29) is 15.7 Å². The monoisotopic (exact) mass is 713 g/mol. The zero-order valence-electron chi connectivity index (χ0n) is 28.6. The second-order valence-electron chi connectivity index (χ2n) is 12.4. The molecule has 5 aromatic carbocycles. The van der Waals surface area contributed by atoms with E-state index in [0.717, 1.165) is 44.9 Å². The highest BCUT2D eigenvalue weighted by atomic mass is 32.2. The van der Waals surface area contributed by atoms with Gasteiger partial charge in [-0.05, 0) is 102 Å². The van der Waals surface area contributed by atoms with Crippen LogP contribution >= 0.6 is 0 Å². The fraction of sp³-hybridized carbons (Fsp3) is 0.231. The molecule has 0 heterocycles. The zero-order valence-corrected chi connectivity index (χ0v) is 30.3. The third kappa shape index (κ3) is 8.91. The Morgan fingerprint density at radius 3 is 1.16 bits per heavy atom. The van der Waals surface area contributed by atoms with E-state index < -0.39 is 20.2 Å². The summed E-state index contributed by atoms with van der Waals surface area (Å²) < 4.78 is 65.8. The lowest BCUT2D eigenvalue weighted by atomic mass is 9.85. The van der Waals surface area contributed by atoms with Crippen LogP contribution in [-0.2, 0) is 33.3 Å². The summed E-state index contributed by atoms with van der Waals surface area (Å²) in [5.41, 5.74) is 7.99. The Kier molecular flexibility index (Phi) is 11.3. The quantitative estimate of drug-likeness (QED) is 0.0892. The standard InChI is InChI=1S/C39H43N3O6S2/c1-5-41(27-29-9-7-11-37(25-29)49(43,44)45)35-21-15-32(16-22-35)39(31-13-19-34(20-14-31)40(3)4)33-17-23-36(24-18-33)42(6-2)28-30-10-8-12-38(26-30)50(46,47)48/h7-26,39H,5-6,27-28H2,1-4H3,(H,43,44,45)(H,46,47,48). The fourth-order valence-corrected chi connectivity index (χ4v) is 7.22. The summed E-state index contributed by atoms with van der Waals surface area (Å²) in [6.45, 7) is 6.43. The van der Waals surface area contributed by atoms with Crippen molar-refractivity contribution < 1.29 is 25.9 Å². The molecule has 5 aromatic rings. The Morgan fingerprint density at radius 2 is 0.860 bits per heavy atom. The van der Waals surface area contributed by atoms with Crippen molar-refractivity contribution in [2.24, 2.45) is 0 Å². The van der Waals surface area contributed by atoms with E-state index in [4.69, 9.17) is 0 Å². The fourth-order valence-electron chi connectivity index (χ4n) is 6.12. The highest BCUT2D eigenvalue weighted by Gasteiger charge is 2.19. The van der Waals surface area contributed by atoms with Crippen LogP contribution in [0, 0.1) is 0 Å². The van der Waals surface area contributed by atoms with Gasteiger partial charge in [0.25, 0.3) is 20.2 Å². The van der Waals surface area contributed by atoms with Crippen molar-refractivity contribution in [1.82, 2.24) is 0 Å². The van der Waals surface area contributed by atoms with Crippen molar-refractivity contribution in [2.45, 2.75) is 42.6 Å². The molecule has 0 saturated heterocycles. The zero-order chi connectivity index (χ0) is 36.1. The van der Waals surface area contributed by atoms with Crippen molar-refractivity contribution in [3.8, 4) is 0 Å². The Bertz CT molecular complexity index is 1990. The van der Waals surface area contributed by atoms with Gasteiger partial charge in [0.2, 0.25) is 0 Å². The molecule has 0 aromatic heterocycles. The first-order valence-electron chi connectivity index (χ1n) is 16.4. The third-order valence-corrected chi connectivity index (χ3v) is 10.5. The van der Waals surface area contributed by atoms with Crippen molar-refractivity contribution in [1.29, 1.82) is 0 Å². The van der Waals surface area contributed by atoms with Crippen LogP contribution < -0.4 is 14.7 Å². The molecule has 0 aliphatic heterocycles. The van der Waals surface area contributed by atoms with Crippen LogP contribution in [0.2, 0.25) is 0 Å². The molecular weight excluding hydrogens is 671 g/mol. The van der Waals surface area contributed by atoms with Crippen LogP contribution in [0.5, 0.6) is 0 Å². The summed E-state index contributed by atoms with van der Waals surface area (Å²) in [7, 11) is -4.55. The molecule has 0 fully saturated rings. The van der Waals surface area contributed by atoms with Crippen LogP contribution in [0.3, 0.4) is 0 Å². The van der Waals surface area contributed by atoms with E-state index in [1.165, 1.54) is 24.3 Å². The minimum atomic E-state index is -4.29. The summed E-state index contributed by atoms with van der Waals surface area (Å²) in [5, 5.41) is 0. The van der Waals surface area contributed by atoms with Crippen LogP contribution in [0.1, 0.15) is 47.6 Å². The van der Waals surface area contributed by atoms with Crippen LogP contribution in [-0.4, -0.2) is 53.1 Å². The normalized spacial score (nSPS) is 11.8. The summed E-state index contributed by atoms with van der Waals surface area (Å²) in [6.07, 6.45) is 0. The summed E-state index contributed by atoms with van der Waals surface area (Å²) in [6, 6.07) is 38.1. The molecule has 0 atom stereocenters. The van der Waals surface area contributed by atoms with E-state index in [1.54, 1.807) is 12.1 Å². The predicted octanol–water partition coefficient (Wildman–Crippen LogP) is 7.48. The van der Waals surface area contributed by atoms with E-state index >= 15 is 0 Å². The number of hydrogen-bond acceptors (Lipinski definition) is 7. The lowest BCUT2D eigenvalue weighted by Gasteiger charge is -2.26. The largest absolute Gasteiger partial charge is 0.378 e. The molecule has 5 rings (SSSR count). The maximum atomic E-state index is 11.7. The summed E-state index contributed by atoms with van der Waals surface area (Å²) >= 11 is 0. The van der Waals surface area contributed by atoms with Crippen molar-refractivity contribution in [2.75, 3.05) is 41.9 Å². The summed E-state index contributed by atoms with van der Waals surface area (Å²) in [4.78, 5) is 6.12. The molecule has 2 N–H and O–H groups in total. The molecule has 0 unspecified atom stereocenters. The molecule has 0 radical (unpaired) electrons. The van der Waals surface area contributed by atoms with Crippen LogP contribution in [0.25, 0.3) is 0 Å². The van der Waals surface area contributed by atoms with Gasteiger partial charge in [-0.1, -0.05) is 60.7 Å². The van der Waals surface area contributed by atoms with Gasteiger partial charge in [0.15, 0.2) is 0 Å². The Morgan fingerprint density at radius 1 is 0.520 bits per heavy atom. The first-order valence-corrected chi connectivity index (χ1v) is 19.2. The third-order valence-electron chi connectivity index (χ3n) is 8.83. The van der Waals surface area contributed by atoms with Gasteiger partial charge < -0.3 is 14.7 Å². The van der Waals surface area contributed by atoms with Crippen molar-refractivity contribution in [3.05, 3.63) is 149 Å². The predicted molar refractivity (Wildman–Crippen MR) is 201 cm³/mol. The maximum absolute atomic E-state index is 11.7. The van der Waals surface area contributed by atoms with Gasteiger partial charge >= 0.3 is 0 Å². The van der Waals surface area contributed by atoms with Gasteiger partial charge in [-0.2, -0.15) is 16.8 Å². The molecule has 0 saturated carbocycles. The average molecular weight is 714 g/mol. The Hall–Kier alpha value is -4.68. The minimum absolute atomic E-state index is 0.0580. The van der Waals surface area contributed by atoms with Gasteiger partial charge in [-0.3, -0.25) is 9.11 Å². The molecule has 262 valence electrons. The molecule has 50 heavy (non-hydrogen) atoms. The van der Waals surface area contributed by atoms with Gasteiger partial charge in [0.1, 0.15) is 0 Å². The SMILES string of the molecule is CCN(Cc1cccc(S(=O)(=O)O)c1)c1ccc(C(c2ccc(N(C)C)cc2)c2ccc(N(CC)Cc3cccc(S(=O)(=O)O)c3)cc2)cc1. The van der Waals surface area contributed by atoms with E-state index in [0.29, 0.717) is 26.2 Å². The first-order chi connectivity index (χ1) is 23.8. The van der Waals surface area contributed by atoms with Gasteiger partial charge in [-0.15, -0.1) is 0 Å². The van der Waals surface area contributed by atoms with Crippen LogP contribution in [0.4, 0.5) is 17.1 Å². The Labute approximate surface area is 295 Å². The molecule has 9 nitrogen and oxygen atoms in total.